The van der Waals surface area contributed by atoms with Gasteiger partial charge in [0.2, 0.25) is 0 Å². The summed E-state index contributed by atoms with van der Waals surface area (Å²) < 4.78 is 0. The summed E-state index contributed by atoms with van der Waals surface area (Å²) in [7, 11) is 0. The van der Waals surface area contributed by atoms with E-state index >= 15 is 0 Å². The number of nitrogens with zero attached hydrogens (tertiary/aromatic N) is 1. The maximum absolute atomic E-state index is 12.0. The highest BCUT2D eigenvalue weighted by atomic mass is 35.5. The van der Waals surface area contributed by atoms with E-state index in [9.17, 15) is 4.79 Å². The Labute approximate surface area is 104 Å². The molecule has 0 spiro atoms. The number of rotatable bonds is 2. The fourth-order valence-corrected chi connectivity index (χ4v) is 1.78. The minimum atomic E-state index is -0.248. The molecular formula is C12H12ClN3O. The Morgan fingerprint density at radius 1 is 1.41 bits per heavy atom. The molecule has 5 heteroatoms. The molecule has 0 saturated heterocycles. The first kappa shape index (κ1) is 11.7. The molecule has 4 nitrogen and oxygen atoms in total. The number of hydrogen-bond acceptors (Lipinski definition) is 2. The number of nitrogens with one attached hydrogen (secondary N) is 2. The van der Waals surface area contributed by atoms with Gasteiger partial charge in [0.15, 0.2) is 0 Å². The van der Waals surface area contributed by atoms with Gasteiger partial charge in [-0.05, 0) is 31.5 Å². The van der Waals surface area contributed by atoms with Gasteiger partial charge >= 0.3 is 0 Å². The molecule has 0 fully saturated rings. The lowest BCUT2D eigenvalue weighted by Gasteiger charge is -2.06. The number of carbonyl (C=O) groups excluding carboxylic acids is 1. The normalized spacial score (nSPS) is 10.3. The second-order valence-corrected chi connectivity index (χ2v) is 4.27. The van der Waals surface area contributed by atoms with Crippen molar-refractivity contribution < 1.29 is 4.79 Å². The molecule has 1 aromatic heterocycles. The van der Waals surface area contributed by atoms with Crippen molar-refractivity contribution in [2.45, 2.75) is 13.8 Å². The van der Waals surface area contributed by atoms with Crippen LogP contribution in [0.4, 0.5) is 5.82 Å². The Kier molecular flexibility index (Phi) is 3.15. The largest absolute Gasteiger partial charge is 0.307 e. The van der Waals surface area contributed by atoms with Crippen LogP contribution in [0, 0.1) is 13.8 Å². The second kappa shape index (κ2) is 4.59. The van der Waals surface area contributed by atoms with E-state index in [1.807, 2.05) is 19.9 Å². The SMILES string of the molecule is Cc1ccc(C(=O)Nc2[nH]ncc2C)c(Cl)c1. The second-order valence-electron chi connectivity index (χ2n) is 3.87. The van der Waals surface area contributed by atoms with Crippen LogP contribution in [0.3, 0.4) is 0 Å². The minimum absolute atomic E-state index is 0.248. The summed E-state index contributed by atoms with van der Waals surface area (Å²) in [4.78, 5) is 12.0. The zero-order valence-corrected chi connectivity index (χ0v) is 10.3. The lowest BCUT2D eigenvalue weighted by molar-refractivity contribution is 0.102. The van der Waals surface area contributed by atoms with Crippen LogP contribution >= 0.6 is 11.6 Å². The third-order valence-corrected chi connectivity index (χ3v) is 2.75. The van der Waals surface area contributed by atoms with Crippen molar-refractivity contribution in [2.75, 3.05) is 5.32 Å². The maximum Gasteiger partial charge on any atom is 0.258 e. The fourth-order valence-electron chi connectivity index (χ4n) is 1.46. The molecule has 1 aromatic carbocycles. The lowest BCUT2D eigenvalue weighted by Crippen LogP contribution is -2.13. The smallest absolute Gasteiger partial charge is 0.258 e. The van der Waals surface area contributed by atoms with Crippen LogP contribution in [0.25, 0.3) is 0 Å². The molecule has 0 saturated carbocycles. The van der Waals surface area contributed by atoms with Gasteiger partial charge in [-0.3, -0.25) is 9.89 Å². The van der Waals surface area contributed by atoms with Crippen LogP contribution in [0.15, 0.2) is 24.4 Å². The zero-order chi connectivity index (χ0) is 12.4. The van der Waals surface area contributed by atoms with Gasteiger partial charge in [-0.25, -0.2) is 0 Å². The number of carbonyl (C=O) groups is 1. The molecule has 88 valence electrons. The molecule has 0 aliphatic heterocycles. The maximum atomic E-state index is 12.0. The molecule has 2 aromatic rings. The molecular weight excluding hydrogens is 238 g/mol. The van der Waals surface area contributed by atoms with Crippen molar-refractivity contribution in [1.29, 1.82) is 0 Å². The van der Waals surface area contributed by atoms with Crippen molar-refractivity contribution in [3.8, 4) is 0 Å². The number of hydrogen-bond donors (Lipinski definition) is 2. The number of anilines is 1. The number of benzene rings is 1. The van der Waals surface area contributed by atoms with Crippen molar-refractivity contribution in [1.82, 2.24) is 10.2 Å². The van der Waals surface area contributed by atoms with E-state index < -0.39 is 0 Å². The van der Waals surface area contributed by atoms with E-state index in [-0.39, 0.29) is 5.91 Å². The topological polar surface area (TPSA) is 57.8 Å². The predicted molar refractivity (Wildman–Crippen MR) is 67.5 cm³/mol. The summed E-state index contributed by atoms with van der Waals surface area (Å²) in [5, 5.41) is 9.71. The number of aromatic nitrogens is 2. The summed E-state index contributed by atoms with van der Waals surface area (Å²) >= 11 is 6.02. The standard InChI is InChI=1S/C12H12ClN3O/c1-7-3-4-9(10(13)5-7)12(17)15-11-8(2)6-14-16-11/h3-6H,1-2H3,(H2,14,15,16,17). The predicted octanol–water partition coefficient (Wildman–Crippen LogP) is 2.93. The van der Waals surface area contributed by atoms with Crippen molar-refractivity contribution in [2.24, 2.45) is 0 Å². The van der Waals surface area contributed by atoms with Gasteiger partial charge in [-0.2, -0.15) is 5.10 Å². The lowest BCUT2D eigenvalue weighted by atomic mass is 10.1. The molecule has 1 amide bonds. The van der Waals surface area contributed by atoms with E-state index in [2.05, 4.69) is 15.5 Å². The Bertz CT molecular complexity index is 563. The third-order valence-electron chi connectivity index (χ3n) is 2.44. The minimum Gasteiger partial charge on any atom is -0.307 e. The van der Waals surface area contributed by atoms with E-state index in [4.69, 9.17) is 11.6 Å². The molecule has 0 atom stereocenters. The van der Waals surface area contributed by atoms with Crippen molar-refractivity contribution >= 4 is 23.3 Å². The van der Waals surface area contributed by atoms with Crippen LogP contribution in [0.5, 0.6) is 0 Å². The number of amides is 1. The molecule has 0 radical (unpaired) electrons. The molecule has 0 bridgehead atoms. The van der Waals surface area contributed by atoms with Crippen LogP contribution in [0.2, 0.25) is 5.02 Å². The highest BCUT2D eigenvalue weighted by molar-refractivity contribution is 6.34. The van der Waals surface area contributed by atoms with Crippen LogP contribution < -0.4 is 5.32 Å². The summed E-state index contributed by atoms with van der Waals surface area (Å²) in [6.07, 6.45) is 1.65. The molecule has 2 rings (SSSR count). The van der Waals surface area contributed by atoms with E-state index in [0.29, 0.717) is 16.4 Å². The zero-order valence-electron chi connectivity index (χ0n) is 9.54. The number of halogens is 1. The molecule has 0 aliphatic carbocycles. The monoisotopic (exact) mass is 249 g/mol. The third kappa shape index (κ3) is 2.47. The van der Waals surface area contributed by atoms with Gasteiger partial charge in [-0.15, -0.1) is 0 Å². The highest BCUT2D eigenvalue weighted by Crippen LogP contribution is 2.19. The first-order valence-electron chi connectivity index (χ1n) is 5.15. The number of aryl methyl sites for hydroxylation is 2. The molecule has 0 aliphatic rings. The van der Waals surface area contributed by atoms with Gasteiger partial charge in [0.1, 0.15) is 5.82 Å². The summed E-state index contributed by atoms with van der Waals surface area (Å²) in [5.74, 6) is 0.342. The van der Waals surface area contributed by atoms with Crippen LogP contribution in [-0.2, 0) is 0 Å². The van der Waals surface area contributed by atoms with Crippen molar-refractivity contribution in [3.05, 3.63) is 46.1 Å². The Hall–Kier alpha value is -1.81. The van der Waals surface area contributed by atoms with E-state index in [1.54, 1.807) is 18.3 Å². The number of aromatic amines is 1. The Morgan fingerprint density at radius 3 is 2.76 bits per heavy atom. The Balaban J connectivity index is 2.23. The first-order chi connectivity index (χ1) is 8.08. The highest BCUT2D eigenvalue weighted by Gasteiger charge is 2.12. The van der Waals surface area contributed by atoms with Gasteiger partial charge in [0, 0.05) is 5.56 Å². The molecule has 0 unspecified atom stereocenters. The van der Waals surface area contributed by atoms with Gasteiger partial charge < -0.3 is 5.32 Å². The van der Waals surface area contributed by atoms with Crippen molar-refractivity contribution in [3.63, 3.8) is 0 Å². The number of H-pyrrole nitrogens is 1. The quantitative estimate of drug-likeness (QED) is 0.860. The average molecular weight is 250 g/mol. The van der Waals surface area contributed by atoms with Gasteiger partial charge in [-0.1, -0.05) is 17.7 Å². The molecule has 2 N–H and O–H groups in total. The summed E-state index contributed by atoms with van der Waals surface area (Å²) in [6.45, 7) is 3.78. The fraction of sp³-hybridized carbons (Fsp3) is 0.167. The van der Waals surface area contributed by atoms with E-state index in [0.717, 1.165) is 11.1 Å². The first-order valence-corrected chi connectivity index (χ1v) is 5.53. The summed E-state index contributed by atoms with van der Waals surface area (Å²) in [5.41, 5.74) is 2.34. The Morgan fingerprint density at radius 2 is 2.18 bits per heavy atom. The molecule has 17 heavy (non-hydrogen) atoms. The van der Waals surface area contributed by atoms with Gasteiger partial charge in [0.25, 0.3) is 5.91 Å². The molecule has 1 heterocycles. The van der Waals surface area contributed by atoms with Gasteiger partial charge in [0.05, 0.1) is 16.8 Å². The summed E-state index contributed by atoms with van der Waals surface area (Å²) in [6, 6.07) is 5.32. The average Bonchev–Trinajstić information content (AvgIpc) is 2.64. The van der Waals surface area contributed by atoms with Crippen LogP contribution in [-0.4, -0.2) is 16.1 Å². The van der Waals surface area contributed by atoms with E-state index in [1.165, 1.54) is 0 Å². The van der Waals surface area contributed by atoms with Crippen LogP contribution in [0.1, 0.15) is 21.5 Å².